The molecule has 0 aliphatic carbocycles. The van der Waals surface area contributed by atoms with Gasteiger partial charge >= 0.3 is 0 Å². The van der Waals surface area contributed by atoms with Crippen LogP contribution in [0.2, 0.25) is 0 Å². The van der Waals surface area contributed by atoms with Crippen molar-refractivity contribution in [3.8, 4) is 0 Å². The molecule has 1 rings (SSSR count). The molecule has 0 atom stereocenters. The fourth-order valence-electron chi connectivity index (χ4n) is 1.82. The summed E-state index contributed by atoms with van der Waals surface area (Å²) in [5.41, 5.74) is 0.630. The van der Waals surface area contributed by atoms with E-state index in [-0.39, 0.29) is 11.8 Å². The number of carbonyl (C=O) groups is 2. The normalized spacial score (nSPS) is 11.1. The van der Waals surface area contributed by atoms with Gasteiger partial charge in [0.15, 0.2) is 0 Å². The number of hydrogen-bond acceptors (Lipinski definition) is 4. The Morgan fingerprint density at radius 3 is 2.45 bits per heavy atom. The number of nitrogens with zero attached hydrogens (tertiary/aromatic N) is 2. The second-order valence-electron chi connectivity index (χ2n) is 5.45. The van der Waals surface area contributed by atoms with E-state index in [1.165, 1.54) is 0 Å². The zero-order valence-electron chi connectivity index (χ0n) is 12.7. The van der Waals surface area contributed by atoms with Crippen LogP contribution in [0.3, 0.4) is 0 Å². The van der Waals surface area contributed by atoms with E-state index in [0.717, 1.165) is 5.69 Å². The van der Waals surface area contributed by atoms with Crippen molar-refractivity contribution in [2.75, 3.05) is 7.05 Å². The van der Waals surface area contributed by atoms with Gasteiger partial charge in [-0.1, -0.05) is 0 Å². The molecule has 0 aliphatic heterocycles. The van der Waals surface area contributed by atoms with Crippen LogP contribution in [0.4, 0.5) is 0 Å². The minimum atomic E-state index is -0.476. The number of nitrogens with one attached hydrogen (secondary N) is 2. The van der Waals surface area contributed by atoms with Gasteiger partial charge in [-0.05, 0) is 40.2 Å². The standard InChI is InChI=1S/C14H22N4O2/c1-9-8-11(17-10(2)16-9)13(20)18-14(3,4)7-6-12(19)15-5/h8H,6-7H2,1-5H3,(H,15,19)(H,18,20). The molecule has 0 radical (unpaired) electrons. The highest BCUT2D eigenvalue weighted by Gasteiger charge is 2.23. The van der Waals surface area contributed by atoms with E-state index >= 15 is 0 Å². The molecule has 1 aromatic heterocycles. The Hall–Kier alpha value is -1.98. The van der Waals surface area contributed by atoms with Gasteiger partial charge in [0, 0.05) is 24.7 Å². The lowest BCUT2D eigenvalue weighted by molar-refractivity contribution is -0.121. The smallest absolute Gasteiger partial charge is 0.270 e. The van der Waals surface area contributed by atoms with Crippen LogP contribution in [0.5, 0.6) is 0 Å². The van der Waals surface area contributed by atoms with Crippen LogP contribution in [0, 0.1) is 13.8 Å². The number of aryl methyl sites for hydroxylation is 2. The largest absolute Gasteiger partial charge is 0.359 e. The van der Waals surface area contributed by atoms with Crippen LogP contribution >= 0.6 is 0 Å². The summed E-state index contributed by atoms with van der Waals surface area (Å²) in [6, 6.07) is 1.65. The highest BCUT2D eigenvalue weighted by Crippen LogP contribution is 2.12. The summed E-state index contributed by atoms with van der Waals surface area (Å²) in [5, 5.41) is 5.46. The summed E-state index contributed by atoms with van der Waals surface area (Å²) in [7, 11) is 1.60. The minimum Gasteiger partial charge on any atom is -0.359 e. The van der Waals surface area contributed by atoms with Crippen LogP contribution in [0.1, 0.15) is 48.7 Å². The fourth-order valence-corrected chi connectivity index (χ4v) is 1.82. The van der Waals surface area contributed by atoms with Crippen LogP contribution < -0.4 is 10.6 Å². The molecule has 20 heavy (non-hydrogen) atoms. The Balaban J connectivity index is 2.70. The Morgan fingerprint density at radius 1 is 1.25 bits per heavy atom. The lowest BCUT2D eigenvalue weighted by atomic mass is 9.98. The van der Waals surface area contributed by atoms with Crippen molar-refractivity contribution in [2.24, 2.45) is 0 Å². The van der Waals surface area contributed by atoms with Crippen molar-refractivity contribution >= 4 is 11.8 Å². The Bertz CT molecular complexity index is 492. The topological polar surface area (TPSA) is 84.0 Å². The van der Waals surface area contributed by atoms with Crippen molar-refractivity contribution in [2.45, 2.75) is 46.1 Å². The SMILES string of the molecule is CNC(=O)CCC(C)(C)NC(=O)c1cc(C)nc(C)n1. The van der Waals surface area contributed by atoms with Gasteiger partial charge in [0.2, 0.25) is 5.91 Å². The lowest BCUT2D eigenvalue weighted by Gasteiger charge is -2.25. The molecule has 0 saturated heterocycles. The van der Waals surface area contributed by atoms with E-state index in [1.807, 2.05) is 20.8 Å². The summed E-state index contributed by atoms with van der Waals surface area (Å²) in [4.78, 5) is 31.7. The maximum atomic E-state index is 12.2. The molecule has 110 valence electrons. The van der Waals surface area contributed by atoms with Crippen molar-refractivity contribution in [3.63, 3.8) is 0 Å². The van der Waals surface area contributed by atoms with Gasteiger partial charge in [-0.3, -0.25) is 9.59 Å². The van der Waals surface area contributed by atoms with E-state index in [9.17, 15) is 9.59 Å². The summed E-state index contributed by atoms with van der Waals surface area (Å²) in [6.07, 6.45) is 0.924. The molecule has 0 bridgehead atoms. The third-order valence-electron chi connectivity index (χ3n) is 2.91. The number of hydrogen-bond donors (Lipinski definition) is 2. The first-order valence-electron chi connectivity index (χ1n) is 6.59. The maximum Gasteiger partial charge on any atom is 0.270 e. The van der Waals surface area contributed by atoms with E-state index in [4.69, 9.17) is 0 Å². The molecule has 6 heteroatoms. The molecule has 0 fully saturated rings. The number of carbonyl (C=O) groups excluding carboxylic acids is 2. The Morgan fingerprint density at radius 2 is 1.90 bits per heavy atom. The maximum absolute atomic E-state index is 12.2. The highest BCUT2D eigenvalue weighted by molar-refractivity contribution is 5.92. The molecular formula is C14H22N4O2. The van der Waals surface area contributed by atoms with E-state index in [0.29, 0.717) is 24.4 Å². The van der Waals surface area contributed by atoms with Gasteiger partial charge in [0.1, 0.15) is 11.5 Å². The lowest BCUT2D eigenvalue weighted by Crippen LogP contribution is -2.44. The Labute approximate surface area is 119 Å². The average molecular weight is 278 g/mol. The number of amides is 2. The first-order chi connectivity index (χ1) is 9.23. The van der Waals surface area contributed by atoms with Gasteiger partial charge in [-0.2, -0.15) is 0 Å². The Kier molecular flexibility index (Phi) is 5.19. The molecular weight excluding hydrogens is 256 g/mol. The van der Waals surface area contributed by atoms with Crippen molar-refractivity contribution in [1.82, 2.24) is 20.6 Å². The van der Waals surface area contributed by atoms with Crippen LogP contribution in [-0.2, 0) is 4.79 Å². The van der Waals surface area contributed by atoms with E-state index in [1.54, 1.807) is 20.0 Å². The number of rotatable bonds is 5. The van der Waals surface area contributed by atoms with Gasteiger partial charge in [0.25, 0.3) is 5.91 Å². The van der Waals surface area contributed by atoms with Crippen molar-refractivity contribution < 1.29 is 9.59 Å². The predicted octanol–water partition coefficient (Wildman–Crippen LogP) is 1.13. The zero-order valence-corrected chi connectivity index (χ0v) is 12.7. The molecule has 1 heterocycles. The van der Waals surface area contributed by atoms with Gasteiger partial charge in [-0.15, -0.1) is 0 Å². The summed E-state index contributed by atoms with van der Waals surface area (Å²) < 4.78 is 0. The summed E-state index contributed by atoms with van der Waals surface area (Å²) in [5.74, 6) is 0.278. The second kappa shape index (κ2) is 6.45. The molecule has 0 aromatic carbocycles. The molecule has 1 aromatic rings. The third-order valence-corrected chi connectivity index (χ3v) is 2.91. The second-order valence-corrected chi connectivity index (χ2v) is 5.45. The van der Waals surface area contributed by atoms with Crippen molar-refractivity contribution in [1.29, 1.82) is 0 Å². The van der Waals surface area contributed by atoms with Gasteiger partial charge in [0.05, 0.1) is 0 Å². The summed E-state index contributed by atoms with van der Waals surface area (Å²) in [6.45, 7) is 7.34. The van der Waals surface area contributed by atoms with Crippen LogP contribution in [0.25, 0.3) is 0 Å². The van der Waals surface area contributed by atoms with Crippen molar-refractivity contribution in [3.05, 3.63) is 23.3 Å². The quantitative estimate of drug-likeness (QED) is 0.845. The molecule has 0 unspecified atom stereocenters. The molecule has 0 spiro atoms. The van der Waals surface area contributed by atoms with E-state index < -0.39 is 5.54 Å². The predicted molar refractivity (Wildman–Crippen MR) is 76.4 cm³/mol. The first-order valence-corrected chi connectivity index (χ1v) is 6.59. The van der Waals surface area contributed by atoms with Crippen LogP contribution in [-0.4, -0.2) is 34.4 Å². The monoisotopic (exact) mass is 278 g/mol. The highest BCUT2D eigenvalue weighted by atomic mass is 16.2. The molecule has 2 amide bonds. The zero-order chi connectivity index (χ0) is 15.3. The molecule has 2 N–H and O–H groups in total. The fraction of sp³-hybridized carbons (Fsp3) is 0.571. The first kappa shape index (κ1) is 16.1. The minimum absolute atomic E-state index is 0.0407. The summed E-state index contributed by atoms with van der Waals surface area (Å²) >= 11 is 0. The molecule has 6 nitrogen and oxygen atoms in total. The van der Waals surface area contributed by atoms with Gasteiger partial charge in [-0.25, -0.2) is 9.97 Å². The molecule has 0 aliphatic rings. The van der Waals surface area contributed by atoms with Crippen LogP contribution in [0.15, 0.2) is 6.07 Å². The number of aromatic nitrogens is 2. The van der Waals surface area contributed by atoms with E-state index in [2.05, 4.69) is 20.6 Å². The third kappa shape index (κ3) is 4.95. The van der Waals surface area contributed by atoms with Gasteiger partial charge < -0.3 is 10.6 Å². The molecule has 0 saturated carbocycles. The average Bonchev–Trinajstić information content (AvgIpc) is 2.34.